The molecule has 0 amide bonds. The molecule has 1 heteroatoms. The van der Waals surface area contributed by atoms with Gasteiger partial charge in [0.05, 0.1) is 0 Å². The molecular formula is C14H19N. The number of hydrogen-bond acceptors (Lipinski definition) is 1. The molecule has 1 heterocycles. The Hall–Kier alpha value is -1.08. The van der Waals surface area contributed by atoms with E-state index in [4.69, 9.17) is 0 Å². The average Bonchev–Trinajstić information content (AvgIpc) is 2.62. The fourth-order valence-electron chi connectivity index (χ4n) is 2.13. The van der Waals surface area contributed by atoms with Crippen LogP contribution in [0.25, 0.3) is 0 Å². The molecule has 1 N–H and O–H groups in total. The van der Waals surface area contributed by atoms with Crippen molar-refractivity contribution in [1.29, 1.82) is 0 Å². The monoisotopic (exact) mass is 201 g/mol. The minimum atomic E-state index is 0.516. The minimum Gasteiger partial charge on any atom is -0.310 e. The van der Waals surface area contributed by atoms with E-state index in [1.54, 1.807) is 0 Å². The summed E-state index contributed by atoms with van der Waals surface area (Å²) in [4.78, 5) is 0. The largest absolute Gasteiger partial charge is 0.310 e. The summed E-state index contributed by atoms with van der Waals surface area (Å²) >= 11 is 0. The maximum absolute atomic E-state index is 4.23. The van der Waals surface area contributed by atoms with Crippen molar-refractivity contribution < 1.29 is 0 Å². The van der Waals surface area contributed by atoms with Crippen molar-refractivity contribution in [2.45, 2.75) is 32.7 Å². The Labute approximate surface area is 92.3 Å². The molecule has 1 saturated heterocycles. The summed E-state index contributed by atoms with van der Waals surface area (Å²) in [5.74, 6) is 0. The Bertz CT molecular complexity index is 365. The Morgan fingerprint density at radius 1 is 1.60 bits per heavy atom. The number of rotatable bonds is 3. The summed E-state index contributed by atoms with van der Waals surface area (Å²) < 4.78 is 0. The molecule has 1 fully saturated rings. The fourth-order valence-corrected chi connectivity index (χ4v) is 2.13. The number of nitrogens with one attached hydrogen (secondary N) is 1. The molecule has 0 aromatic heterocycles. The summed E-state index contributed by atoms with van der Waals surface area (Å²) in [7, 11) is 0. The number of allylic oxidation sites excluding steroid dienone is 5. The molecule has 1 nitrogen and oxygen atoms in total. The second kappa shape index (κ2) is 4.19. The Kier molecular flexibility index (Phi) is 2.92. The zero-order valence-corrected chi connectivity index (χ0v) is 9.64. The molecule has 1 unspecified atom stereocenters. The molecule has 0 aromatic carbocycles. The quantitative estimate of drug-likeness (QED) is 0.739. The van der Waals surface area contributed by atoms with Crippen LogP contribution in [0.15, 0.2) is 47.1 Å². The van der Waals surface area contributed by atoms with Gasteiger partial charge < -0.3 is 5.32 Å². The first-order valence-corrected chi connectivity index (χ1v) is 5.69. The van der Waals surface area contributed by atoms with Crippen molar-refractivity contribution in [1.82, 2.24) is 5.32 Å². The standard InChI is InChI=1S/C14H19N/c1-4-10(2)12-6-5-7-13(12)11(3)14-8-9-15-14/h4-5,7,14-15H,3,6,8-9H2,1-2H3/b10-4-. The van der Waals surface area contributed by atoms with Crippen LogP contribution in [0.5, 0.6) is 0 Å². The van der Waals surface area contributed by atoms with Crippen LogP contribution in [0.2, 0.25) is 0 Å². The van der Waals surface area contributed by atoms with E-state index >= 15 is 0 Å². The van der Waals surface area contributed by atoms with E-state index in [2.05, 4.69) is 44.0 Å². The van der Waals surface area contributed by atoms with Crippen molar-refractivity contribution in [2.24, 2.45) is 0 Å². The highest BCUT2D eigenvalue weighted by Crippen LogP contribution is 2.32. The van der Waals surface area contributed by atoms with Crippen LogP contribution >= 0.6 is 0 Å². The topological polar surface area (TPSA) is 12.0 Å². The van der Waals surface area contributed by atoms with E-state index in [9.17, 15) is 0 Å². The van der Waals surface area contributed by atoms with Crippen molar-refractivity contribution in [3.8, 4) is 0 Å². The first kappa shape index (κ1) is 10.4. The molecule has 0 bridgehead atoms. The molecule has 80 valence electrons. The van der Waals surface area contributed by atoms with Crippen LogP contribution in [0.1, 0.15) is 26.7 Å². The van der Waals surface area contributed by atoms with Crippen molar-refractivity contribution in [3.63, 3.8) is 0 Å². The second-order valence-corrected chi connectivity index (χ2v) is 4.29. The Balaban J connectivity index is 2.24. The van der Waals surface area contributed by atoms with Gasteiger partial charge >= 0.3 is 0 Å². The van der Waals surface area contributed by atoms with Gasteiger partial charge in [0.15, 0.2) is 0 Å². The molecule has 1 aliphatic heterocycles. The summed E-state index contributed by atoms with van der Waals surface area (Å²) in [6, 6.07) is 0.516. The van der Waals surface area contributed by atoms with E-state index in [-0.39, 0.29) is 0 Å². The van der Waals surface area contributed by atoms with Gasteiger partial charge in [-0.25, -0.2) is 0 Å². The third kappa shape index (κ3) is 1.84. The van der Waals surface area contributed by atoms with Gasteiger partial charge in [-0.15, -0.1) is 0 Å². The first-order chi connectivity index (χ1) is 7.24. The lowest BCUT2D eigenvalue weighted by molar-refractivity contribution is 0.423. The van der Waals surface area contributed by atoms with Crippen molar-refractivity contribution in [2.75, 3.05) is 6.54 Å². The molecule has 0 spiro atoms. The lowest BCUT2D eigenvalue weighted by Gasteiger charge is -2.30. The van der Waals surface area contributed by atoms with Crippen molar-refractivity contribution >= 4 is 0 Å². The number of hydrogen-bond donors (Lipinski definition) is 1. The smallest absolute Gasteiger partial charge is 0.0332 e. The predicted molar refractivity (Wildman–Crippen MR) is 65.8 cm³/mol. The normalized spacial score (nSPS) is 25.7. The highest BCUT2D eigenvalue weighted by Gasteiger charge is 2.24. The lowest BCUT2D eigenvalue weighted by Crippen LogP contribution is -2.44. The van der Waals surface area contributed by atoms with E-state index in [1.807, 2.05) is 0 Å². The van der Waals surface area contributed by atoms with Crippen LogP contribution in [0.3, 0.4) is 0 Å². The Morgan fingerprint density at radius 3 is 2.87 bits per heavy atom. The van der Waals surface area contributed by atoms with Gasteiger partial charge in [-0.1, -0.05) is 30.4 Å². The summed E-state index contributed by atoms with van der Waals surface area (Å²) in [6.45, 7) is 9.65. The Morgan fingerprint density at radius 2 is 2.33 bits per heavy atom. The molecule has 0 aromatic rings. The first-order valence-electron chi connectivity index (χ1n) is 5.69. The third-order valence-electron chi connectivity index (χ3n) is 3.43. The summed E-state index contributed by atoms with van der Waals surface area (Å²) in [5.41, 5.74) is 5.47. The van der Waals surface area contributed by atoms with Crippen LogP contribution in [0, 0.1) is 0 Å². The minimum absolute atomic E-state index is 0.516. The molecule has 0 radical (unpaired) electrons. The maximum Gasteiger partial charge on any atom is 0.0332 e. The zero-order valence-electron chi connectivity index (χ0n) is 9.64. The van der Waals surface area contributed by atoms with Crippen molar-refractivity contribution in [3.05, 3.63) is 47.1 Å². The lowest BCUT2D eigenvalue weighted by atomic mass is 9.89. The molecule has 15 heavy (non-hydrogen) atoms. The SMILES string of the molecule is C=C(C1=C(/C(C)=C\C)CC=C1)C1CCN1. The summed E-state index contributed by atoms with van der Waals surface area (Å²) in [5, 5.41) is 3.41. The molecule has 1 aliphatic carbocycles. The molecule has 0 saturated carbocycles. The molecule has 1 atom stereocenters. The maximum atomic E-state index is 4.23. The van der Waals surface area contributed by atoms with Crippen LogP contribution in [-0.4, -0.2) is 12.6 Å². The highest BCUT2D eigenvalue weighted by molar-refractivity contribution is 5.55. The van der Waals surface area contributed by atoms with E-state index in [1.165, 1.54) is 28.7 Å². The van der Waals surface area contributed by atoms with Gasteiger partial charge in [-0.3, -0.25) is 0 Å². The predicted octanol–water partition coefficient (Wildman–Crippen LogP) is 3.13. The third-order valence-corrected chi connectivity index (χ3v) is 3.43. The van der Waals surface area contributed by atoms with Gasteiger partial charge in [-0.05, 0) is 50.0 Å². The van der Waals surface area contributed by atoms with Crippen LogP contribution in [0.4, 0.5) is 0 Å². The highest BCUT2D eigenvalue weighted by atomic mass is 15.0. The van der Waals surface area contributed by atoms with E-state index in [0.717, 1.165) is 13.0 Å². The van der Waals surface area contributed by atoms with E-state index in [0.29, 0.717) is 6.04 Å². The van der Waals surface area contributed by atoms with Gasteiger partial charge in [0.2, 0.25) is 0 Å². The fraction of sp³-hybridized carbons (Fsp3) is 0.429. The van der Waals surface area contributed by atoms with Gasteiger partial charge in [0.1, 0.15) is 0 Å². The van der Waals surface area contributed by atoms with Crippen LogP contribution in [-0.2, 0) is 0 Å². The molecule has 2 rings (SSSR count). The van der Waals surface area contributed by atoms with Gasteiger partial charge in [0, 0.05) is 6.04 Å². The molecular weight excluding hydrogens is 182 g/mol. The second-order valence-electron chi connectivity index (χ2n) is 4.29. The van der Waals surface area contributed by atoms with E-state index < -0.39 is 0 Å². The summed E-state index contributed by atoms with van der Waals surface area (Å²) in [6.07, 6.45) is 8.95. The average molecular weight is 201 g/mol. The van der Waals surface area contributed by atoms with Gasteiger partial charge in [-0.2, -0.15) is 0 Å². The van der Waals surface area contributed by atoms with Gasteiger partial charge in [0.25, 0.3) is 0 Å². The van der Waals surface area contributed by atoms with Crippen LogP contribution < -0.4 is 5.32 Å². The molecule has 2 aliphatic rings. The zero-order chi connectivity index (χ0) is 10.8.